The molecule has 0 aliphatic rings. The van der Waals surface area contributed by atoms with E-state index in [0.29, 0.717) is 5.56 Å². The van der Waals surface area contributed by atoms with E-state index >= 15 is 0 Å². The number of primary amides is 1. The molecule has 0 saturated carbocycles. The first-order chi connectivity index (χ1) is 9.08. The van der Waals surface area contributed by atoms with Crippen molar-refractivity contribution in [2.75, 3.05) is 5.32 Å². The maximum atomic E-state index is 11.0. The van der Waals surface area contributed by atoms with Gasteiger partial charge in [-0.1, -0.05) is 29.8 Å². The standard InChI is InChI=1S/C15H15ClN2O/c1-10(13-4-2-3-5-14(13)16)18-12-8-6-11(7-9-12)15(17)19/h2-10,18H,1H3,(H2,17,19). The van der Waals surface area contributed by atoms with E-state index in [9.17, 15) is 4.79 Å². The molecule has 1 atom stereocenters. The zero-order valence-corrected chi connectivity index (χ0v) is 11.3. The molecule has 3 N–H and O–H groups in total. The Morgan fingerprint density at radius 3 is 2.37 bits per heavy atom. The second-order valence-electron chi connectivity index (χ2n) is 4.33. The highest BCUT2D eigenvalue weighted by Crippen LogP contribution is 2.25. The Balaban J connectivity index is 2.13. The summed E-state index contributed by atoms with van der Waals surface area (Å²) in [6.45, 7) is 2.03. The Morgan fingerprint density at radius 2 is 1.79 bits per heavy atom. The van der Waals surface area contributed by atoms with Crippen LogP contribution in [-0.2, 0) is 0 Å². The highest BCUT2D eigenvalue weighted by molar-refractivity contribution is 6.31. The summed E-state index contributed by atoms with van der Waals surface area (Å²) in [4.78, 5) is 11.0. The third kappa shape index (κ3) is 3.26. The van der Waals surface area contributed by atoms with Gasteiger partial charge >= 0.3 is 0 Å². The van der Waals surface area contributed by atoms with Crippen molar-refractivity contribution in [2.45, 2.75) is 13.0 Å². The van der Waals surface area contributed by atoms with E-state index in [2.05, 4.69) is 5.32 Å². The van der Waals surface area contributed by atoms with Gasteiger partial charge in [0.1, 0.15) is 0 Å². The number of benzene rings is 2. The normalized spacial score (nSPS) is 11.9. The first kappa shape index (κ1) is 13.4. The first-order valence-electron chi connectivity index (χ1n) is 5.99. The number of rotatable bonds is 4. The lowest BCUT2D eigenvalue weighted by Gasteiger charge is -2.17. The Kier molecular flexibility index (Phi) is 4.07. The highest BCUT2D eigenvalue weighted by atomic mass is 35.5. The molecule has 2 rings (SSSR count). The Bertz CT molecular complexity index is 581. The topological polar surface area (TPSA) is 55.1 Å². The van der Waals surface area contributed by atoms with Crippen LogP contribution < -0.4 is 11.1 Å². The SMILES string of the molecule is CC(Nc1ccc(C(N)=O)cc1)c1ccccc1Cl. The molecule has 2 aromatic carbocycles. The van der Waals surface area contributed by atoms with Gasteiger partial charge in [0.2, 0.25) is 5.91 Å². The van der Waals surface area contributed by atoms with Crippen LogP contribution in [0, 0.1) is 0 Å². The summed E-state index contributed by atoms with van der Waals surface area (Å²) in [5.74, 6) is -0.425. The molecule has 0 aliphatic carbocycles. The smallest absolute Gasteiger partial charge is 0.248 e. The average Bonchev–Trinajstić information content (AvgIpc) is 2.39. The predicted octanol–water partition coefficient (Wildman–Crippen LogP) is 3.61. The van der Waals surface area contributed by atoms with Crippen molar-refractivity contribution in [3.63, 3.8) is 0 Å². The van der Waals surface area contributed by atoms with E-state index in [1.54, 1.807) is 12.1 Å². The number of carbonyl (C=O) groups is 1. The molecule has 2 aromatic rings. The molecule has 0 saturated heterocycles. The van der Waals surface area contributed by atoms with E-state index in [-0.39, 0.29) is 6.04 Å². The molecule has 0 radical (unpaired) electrons. The first-order valence-corrected chi connectivity index (χ1v) is 6.36. The number of carbonyl (C=O) groups excluding carboxylic acids is 1. The molecular formula is C15H15ClN2O. The van der Waals surface area contributed by atoms with Crippen LogP contribution in [0.15, 0.2) is 48.5 Å². The summed E-state index contributed by atoms with van der Waals surface area (Å²) in [5, 5.41) is 4.06. The summed E-state index contributed by atoms with van der Waals surface area (Å²) >= 11 is 6.15. The fourth-order valence-corrected chi connectivity index (χ4v) is 2.18. The van der Waals surface area contributed by atoms with Crippen LogP contribution in [0.3, 0.4) is 0 Å². The molecule has 0 aromatic heterocycles. The summed E-state index contributed by atoms with van der Waals surface area (Å²) in [7, 11) is 0. The molecule has 0 fully saturated rings. The monoisotopic (exact) mass is 274 g/mol. The fraction of sp³-hybridized carbons (Fsp3) is 0.133. The van der Waals surface area contributed by atoms with Crippen LogP contribution >= 0.6 is 11.6 Å². The van der Waals surface area contributed by atoms with Gasteiger partial charge < -0.3 is 11.1 Å². The lowest BCUT2D eigenvalue weighted by atomic mass is 10.1. The summed E-state index contributed by atoms with van der Waals surface area (Å²) in [6.07, 6.45) is 0. The van der Waals surface area contributed by atoms with Gasteiger partial charge in [-0.2, -0.15) is 0 Å². The second-order valence-corrected chi connectivity index (χ2v) is 4.74. The fourth-order valence-electron chi connectivity index (χ4n) is 1.88. The lowest BCUT2D eigenvalue weighted by Crippen LogP contribution is -2.11. The van der Waals surface area contributed by atoms with E-state index in [4.69, 9.17) is 17.3 Å². The molecule has 1 unspecified atom stereocenters. The van der Waals surface area contributed by atoms with Crippen LogP contribution in [0.2, 0.25) is 5.02 Å². The maximum absolute atomic E-state index is 11.0. The van der Waals surface area contributed by atoms with Crippen molar-refractivity contribution in [3.05, 3.63) is 64.7 Å². The largest absolute Gasteiger partial charge is 0.378 e. The number of hydrogen-bond donors (Lipinski definition) is 2. The summed E-state index contributed by atoms with van der Waals surface area (Å²) in [6, 6.07) is 14.8. The van der Waals surface area contributed by atoms with Gasteiger partial charge in [0, 0.05) is 22.3 Å². The predicted molar refractivity (Wildman–Crippen MR) is 78.4 cm³/mol. The number of hydrogen-bond acceptors (Lipinski definition) is 2. The van der Waals surface area contributed by atoms with Crippen molar-refractivity contribution in [1.82, 2.24) is 0 Å². The highest BCUT2D eigenvalue weighted by Gasteiger charge is 2.09. The van der Waals surface area contributed by atoms with Crippen molar-refractivity contribution in [2.24, 2.45) is 5.73 Å². The van der Waals surface area contributed by atoms with Gasteiger partial charge in [-0.25, -0.2) is 0 Å². The molecule has 0 heterocycles. The van der Waals surface area contributed by atoms with Crippen LogP contribution in [0.1, 0.15) is 28.9 Å². The Morgan fingerprint density at radius 1 is 1.16 bits per heavy atom. The van der Waals surface area contributed by atoms with Gasteiger partial charge in [0.05, 0.1) is 0 Å². The van der Waals surface area contributed by atoms with Crippen molar-refractivity contribution >= 4 is 23.2 Å². The van der Waals surface area contributed by atoms with Gasteiger partial charge in [-0.15, -0.1) is 0 Å². The molecule has 0 spiro atoms. The zero-order chi connectivity index (χ0) is 13.8. The van der Waals surface area contributed by atoms with Crippen LogP contribution in [0.25, 0.3) is 0 Å². The molecule has 0 bridgehead atoms. The van der Waals surface area contributed by atoms with Gasteiger partial charge in [-0.3, -0.25) is 4.79 Å². The molecule has 3 nitrogen and oxygen atoms in total. The van der Waals surface area contributed by atoms with E-state index in [0.717, 1.165) is 16.3 Å². The van der Waals surface area contributed by atoms with Crippen LogP contribution in [0.5, 0.6) is 0 Å². The molecule has 0 aliphatic heterocycles. The molecular weight excluding hydrogens is 260 g/mol. The lowest BCUT2D eigenvalue weighted by molar-refractivity contribution is 0.100. The van der Waals surface area contributed by atoms with E-state index < -0.39 is 5.91 Å². The number of nitrogens with one attached hydrogen (secondary N) is 1. The van der Waals surface area contributed by atoms with E-state index in [1.165, 1.54) is 0 Å². The molecule has 19 heavy (non-hydrogen) atoms. The van der Waals surface area contributed by atoms with Crippen LogP contribution in [-0.4, -0.2) is 5.91 Å². The van der Waals surface area contributed by atoms with Crippen molar-refractivity contribution in [1.29, 1.82) is 0 Å². The molecule has 1 amide bonds. The van der Waals surface area contributed by atoms with Crippen LogP contribution in [0.4, 0.5) is 5.69 Å². The zero-order valence-electron chi connectivity index (χ0n) is 10.6. The summed E-state index contributed by atoms with van der Waals surface area (Å²) < 4.78 is 0. The quantitative estimate of drug-likeness (QED) is 0.895. The number of amides is 1. The Labute approximate surface area is 117 Å². The minimum absolute atomic E-state index is 0.0770. The number of anilines is 1. The Hall–Kier alpha value is -2.00. The minimum atomic E-state index is -0.425. The third-order valence-electron chi connectivity index (χ3n) is 2.92. The third-order valence-corrected chi connectivity index (χ3v) is 3.27. The van der Waals surface area contributed by atoms with Gasteiger partial charge in [0.15, 0.2) is 0 Å². The minimum Gasteiger partial charge on any atom is -0.378 e. The van der Waals surface area contributed by atoms with E-state index in [1.807, 2.05) is 43.3 Å². The van der Waals surface area contributed by atoms with Gasteiger partial charge in [0.25, 0.3) is 0 Å². The second kappa shape index (κ2) is 5.76. The average molecular weight is 275 g/mol. The van der Waals surface area contributed by atoms with Crippen molar-refractivity contribution in [3.8, 4) is 0 Å². The molecule has 98 valence electrons. The van der Waals surface area contributed by atoms with Crippen molar-refractivity contribution < 1.29 is 4.79 Å². The number of halogens is 1. The van der Waals surface area contributed by atoms with Gasteiger partial charge in [-0.05, 0) is 42.8 Å². The number of nitrogens with two attached hydrogens (primary N) is 1. The molecule has 4 heteroatoms. The summed E-state index contributed by atoms with van der Waals surface area (Å²) in [5.41, 5.74) is 7.64. The maximum Gasteiger partial charge on any atom is 0.248 e.